The minimum absolute atomic E-state index is 0.394. The van der Waals surface area contributed by atoms with Crippen LogP contribution in [0.1, 0.15) is 17.0 Å². The molecule has 5 nitrogen and oxygen atoms in total. The smallest absolute Gasteiger partial charge is 0.240 e. The SMILES string of the molecule is N#CC1C(=O)NC(O)(c2ccccc2)C(C#N)C1c1ccc(Cl)cc1. The quantitative estimate of drug-likeness (QED) is 0.869. The third-order valence-corrected chi connectivity index (χ3v) is 4.76. The molecular formula is C19H14ClN3O2. The number of carbonyl (C=O) groups is 1. The van der Waals surface area contributed by atoms with Gasteiger partial charge in [0.15, 0.2) is 5.72 Å². The number of carbonyl (C=O) groups excluding carboxylic acids is 1. The maximum Gasteiger partial charge on any atom is 0.240 e. The largest absolute Gasteiger partial charge is 0.366 e. The highest BCUT2D eigenvalue weighted by atomic mass is 35.5. The predicted molar refractivity (Wildman–Crippen MR) is 90.9 cm³/mol. The van der Waals surface area contributed by atoms with Crippen molar-refractivity contribution in [3.05, 3.63) is 70.7 Å². The number of nitrogens with zero attached hydrogens (tertiary/aromatic N) is 2. The fourth-order valence-electron chi connectivity index (χ4n) is 3.29. The van der Waals surface area contributed by atoms with E-state index in [4.69, 9.17) is 11.6 Å². The Bertz CT molecular complexity index is 870. The molecular weight excluding hydrogens is 338 g/mol. The molecule has 25 heavy (non-hydrogen) atoms. The van der Waals surface area contributed by atoms with Gasteiger partial charge in [-0.05, 0) is 17.7 Å². The Morgan fingerprint density at radius 2 is 1.68 bits per heavy atom. The second-order valence-corrected chi connectivity index (χ2v) is 6.35. The van der Waals surface area contributed by atoms with Crippen LogP contribution in [0.25, 0.3) is 0 Å². The highest BCUT2D eigenvalue weighted by Gasteiger charge is 2.54. The Labute approximate surface area is 150 Å². The molecule has 4 unspecified atom stereocenters. The maximum atomic E-state index is 12.5. The predicted octanol–water partition coefficient (Wildman–Crippen LogP) is 2.68. The van der Waals surface area contributed by atoms with Crippen LogP contribution in [0.5, 0.6) is 0 Å². The first kappa shape index (κ1) is 17.0. The average Bonchev–Trinajstić information content (AvgIpc) is 2.62. The van der Waals surface area contributed by atoms with Gasteiger partial charge in [-0.2, -0.15) is 10.5 Å². The summed E-state index contributed by atoms with van der Waals surface area (Å²) in [6.07, 6.45) is 0. The molecule has 1 aliphatic heterocycles. The van der Waals surface area contributed by atoms with E-state index >= 15 is 0 Å². The summed E-state index contributed by atoms with van der Waals surface area (Å²) in [7, 11) is 0. The Morgan fingerprint density at radius 3 is 2.24 bits per heavy atom. The van der Waals surface area contributed by atoms with E-state index < -0.39 is 29.4 Å². The Kier molecular flexibility index (Phi) is 4.46. The van der Waals surface area contributed by atoms with E-state index in [0.29, 0.717) is 16.1 Å². The van der Waals surface area contributed by atoms with Crippen LogP contribution in [-0.4, -0.2) is 11.0 Å². The van der Waals surface area contributed by atoms with Crippen LogP contribution < -0.4 is 5.32 Å². The third-order valence-electron chi connectivity index (χ3n) is 4.51. The van der Waals surface area contributed by atoms with Gasteiger partial charge in [0.1, 0.15) is 11.8 Å². The first-order valence-electron chi connectivity index (χ1n) is 7.66. The Hall–Kier alpha value is -2.86. The van der Waals surface area contributed by atoms with Gasteiger partial charge in [0, 0.05) is 16.5 Å². The zero-order chi connectivity index (χ0) is 18.0. The lowest BCUT2D eigenvalue weighted by Gasteiger charge is -2.43. The van der Waals surface area contributed by atoms with Crippen LogP contribution in [0.2, 0.25) is 5.02 Å². The molecule has 2 aromatic rings. The van der Waals surface area contributed by atoms with Gasteiger partial charge >= 0.3 is 0 Å². The van der Waals surface area contributed by atoms with Crippen LogP contribution >= 0.6 is 11.6 Å². The topological polar surface area (TPSA) is 96.9 Å². The van der Waals surface area contributed by atoms with Crippen LogP contribution in [-0.2, 0) is 10.5 Å². The number of hydrogen-bond acceptors (Lipinski definition) is 4. The van der Waals surface area contributed by atoms with Gasteiger partial charge in [-0.25, -0.2) is 0 Å². The molecule has 0 aromatic heterocycles. The molecule has 3 rings (SSSR count). The molecule has 2 N–H and O–H groups in total. The second kappa shape index (κ2) is 6.57. The van der Waals surface area contributed by atoms with Crippen molar-refractivity contribution in [1.82, 2.24) is 5.32 Å². The number of nitriles is 2. The number of nitrogens with one attached hydrogen (secondary N) is 1. The molecule has 6 heteroatoms. The third kappa shape index (κ3) is 2.85. The zero-order valence-corrected chi connectivity index (χ0v) is 13.8. The van der Waals surface area contributed by atoms with Gasteiger partial charge < -0.3 is 10.4 Å². The van der Waals surface area contributed by atoms with E-state index in [2.05, 4.69) is 11.4 Å². The summed E-state index contributed by atoms with van der Waals surface area (Å²) < 4.78 is 0. The summed E-state index contributed by atoms with van der Waals surface area (Å²) in [5.41, 5.74) is -0.887. The van der Waals surface area contributed by atoms with Crippen LogP contribution in [0.15, 0.2) is 54.6 Å². The summed E-state index contributed by atoms with van der Waals surface area (Å²) >= 11 is 5.91. The minimum Gasteiger partial charge on any atom is -0.366 e. The van der Waals surface area contributed by atoms with Gasteiger partial charge in [0.2, 0.25) is 5.91 Å². The summed E-state index contributed by atoms with van der Waals surface area (Å²) in [6, 6.07) is 19.1. The van der Waals surface area contributed by atoms with E-state index in [-0.39, 0.29) is 0 Å². The average molecular weight is 352 g/mol. The molecule has 0 radical (unpaired) electrons. The Morgan fingerprint density at radius 1 is 1.04 bits per heavy atom. The lowest BCUT2D eigenvalue weighted by atomic mass is 9.68. The zero-order valence-electron chi connectivity index (χ0n) is 13.1. The van der Waals surface area contributed by atoms with Gasteiger partial charge in [-0.15, -0.1) is 0 Å². The molecule has 2 aromatic carbocycles. The molecule has 4 atom stereocenters. The van der Waals surface area contributed by atoms with Crippen LogP contribution in [0.4, 0.5) is 0 Å². The molecule has 0 saturated carbocycles. The van der Waals surface area contributed by atoms with E-state index in [0.717, 1.165) is 0 Å². The van der Waals surface area contributed by atoms with Crippen molar-refractivity contribution < 1.29 is 9.90 Å². The lowest BCUT2D eigenvalue weighted by molar-refractivity contribution is -0.145. The summed E-state index contributed by atoms with van der Waals surface area (Å²) in [5, 5.41) is 33.4. The van der Waals surface area contributed by atoms with Crippen molar-refractivity contribution in [3.63, 3.8) is 0 Å². The number of rotatable bonds is 2. The summed E-state index contributed by atoms with van der Waals surface area (Å²) in [5.74, 6) is -3.53. The molecule has 1 heterocycles. The first-order valence-corrected chi connectivity index (χ1v) is 8.03. The number of halogens is 1. The van der Waals surface area contributed by atoms with Crippen molar-refractivity contribution in [2.24, 2.45) is 11.8 Å². The fourth-order valence-corrected chi connectivity index (χ4v) is 3.41. The van der Waals surface area contributed by atoms with Crippen LogP contribution in [0, 0.1) is 34.5 Å². The van der Waals surface area contributed by atoms with E-state index in [1.807, 2.05) is 6.07 Å². The van der Waals surface area contributed by atoms with Gasteiger partial charge in [0.25, 0.3) is 0 Å². The summed E-state index contributed by atoms with van der Waals surface area (Å²) in [4.78, 5) is 12.5. The van der Waals surface area contributed by atoms with E-state index in [1.54, 1.807) is 54.6 Å². The normalized spacial score (nSPS) is 28.5. The number of amides is 1. The fraction of sp³-hybridized carbons (Fsp3) is 0.211. The van der Waals surface area contributed by atoms with Crippen molar-refractivity contribution in [2.75, 3.05) is 0 Å². The van der Waals surface area contributed by atoms with Crippen LogP contribution in [0.3, 0.4) is 0 Å². The number of piperidine rings is 1. The molecule has 0 aliphatic carbocycles. The Balaban J connectivity index is 2.16. The molecule has 1 saturated heterocycles. The molecule has 124 valence electrons. The monoisotopic (exact) mass is 351 g/mol. The molecule has 1 aliphatic rings. The van der Waals surface area contributed by atoms with Crippen molar-refractivity contribution in [3.8, 4) is 12.1 Å². The van der Waals surface area contributed by atoms with Gasteiger partial charge in [0.05, 0.1) is 12.1 Å². The van der Waals surface area contributed by atoms with Crippen molar-refractivity contribution in [2.45, 2.75) is 11.6 Å². The molecule has 0 bridgehead atoms. The lowest BCUT2D eigenvalue weighted by Crippen LogP contribution is -2.60. The van der Waals surface area contributed by atoms with Gasteiger partial charge in [-0.3, -0.25) is 4.79 Å². The van der Waals surface area contributed by atoms with E-state index in [1.165, 1.54) is 0 Å². The highest BCUT2D eigenvalue weighted by Crippen LogP contribution is 2.45. The number of aliphatic hydroxyl groups is 1. The molecule has 1 fully saturated rings. The highest BCUT2D eigenvalue weighted by molar-refractivity contribution is 6.30. The van der Waals surface area contributed by atoms with Crippen molar-refractivity contribution >= 4 is 17.5 Å². The van der Waals surface area contributed by atoms with Crippen molar-refractivity contribution in [1.29, 1.82) is 10.5 Å². The minimum atomic E-state index is -1.88. The second-order valence-electron chi connectivity index (χ2n) is 5.91. The van der Waals surface area contributed by atoms with E-state index in [9.17, 15) is 20.4 Å². The first-order chi connectivity index (χ1) is 12.0. The number of hydrogen-bond donors (Lipinski definition) is 2. The standard InChI is InChI=1S/C19H14ClN3O2/c20-14-8-6-12(7-9-14)17-15(10-21)18(24)23-19(25,16(17)11-22)13-4-2-1-3-5-13/h1-9,15-17,25H,(H,23,24). The molecule has 0 spiro atoms. The summed E-state index contributed by atoms with van der Waals surface area (Å²) in [6.45, 7) is 0. The van der Waals surface area contributed by atoms with Gasteiger partial charge in [-0.1, -0.05) is 54.1 Å². The molecule has 1 amide bonds. The number of benzene rings is 2. The maximum absolute atomic E-state index is 12.5.